The van der Waals surface area contributed by atoms with E-state index in [9.17, 15) is 4.79 Å². The average molecular weight is 263 g/mol. The van der Waals surface area contributed by atoms with Gasteiger partial charge in [0.25, 0.3) is 0 Å². The van der Waals surface area contributed by atoms with Crippen LogP contribution in [0.2, 0.25) is 0 Å². The molecule has 0 atom stereocenters. The fourth-order valence-corrected chi connectivity index (χ4v) is 2.48. The second-order valence-corrected chi connectivity index (χ2v) is 4.65. The van der Waals surface area contributed by atoms with Gasteiger partial charge in [0, 0.05) is 17.8 Å². The molecule has 0 unspecified atom stereocenters. The molecule has 0 bridgehead atoms. The Hall–Kier alpha value is -1.65. The van der Waals surface area contributed by atoms with E-state index >= 15 is 0 Å². The number of hydrogen-bond donors (Lipinski definition) is 0. The van der Waals surface area contributed by atoms with Crippen LogP contribution in [0.5, 0.6) is 0 Å². The molecule has 1 aliphatic rings. The van der Waals surface area contributed by atoms with E-state index in [1.807, 2.05) is 18.7 Å². The molecule has 0 saturated heterocycles. The summed E-state index contributed by atoms with van der Waals surface area (Å²) in [5, 5.41) is 0. The zero-order chi connectivity index (χ0) is 13.7. The lowest BCUT2D eigenvalue weighted by molar-refractivity contribution is -0.141. The summed E-state index contributed by atoms with van der Waals surface area (Å²) in [6, 6.07) is 0. The molecule has 5 nitrogen and oxygen atoms in total. The first-order chi connectivity index (χ1) is 9.26. The van der Waals surface area contributed by atoms with Crippen LogP contribution in [0.4, 0.5) is 5.82 Å². The predicted molar refractivity (Wildman–Crippen MR) is 73.2 cm³/mol. The van der Waals surface area contributed by atoms with Crippen LogP contribution in [-0.4, -0.2) is 35.6 Å². The van der Waals surface area contributed by atoms with Crippen LogP contribution in [-0.2, 0) is 22.4 Å². The number of aryl methyl sites for hydroxylation is 1. The first-order valence-corrected chi connectivity index (χ1v) is 6.99. The van der Waals surface area contributed by atoms with Gasteiger partial charge in [-0.25, -0.2) is 9.97 Å². The van der Waals surface area contributed by atoms with Crippen LogP contribution in [0.1, 0.15) is 37.9 Å². The van der Waals surface area contributed by atoms with E-state index in [4.69, 9.17) is 4.74 Å². The Balaban J connectivity index is 2.20. The molecule has 1 heterocycles. The van der Waals surface area contributed by atoms with Crippen molar-refractivity contribution in [2.24, 2.45) is 0 Å². The highest BCUT2D eigenvalue weighted by molar-refractivity contribution is 5.75. The molecule has 0 N–H and O–H groups in total. The third-order valence-corrected chi connectivity index (χ3v) is 3.41. The Kier molecular flexibility index (Phi) is 4.71. The highest BCUT2D eigenvalue weighted by Crippen LogP contribution is 2.26. The van der Waals surface area contributed by atoms with Gasteiger partial charge in [0.15, 0.2) is 0 Å². The smallest absolute Gasteiger partial charge is 0.325 e. The van der Waals surface area contributed by atoms with E-state index < -0.39 is 0 Å². The van der Waals surface area contributed by atoms with Gasteiger partial charge in [-0.05, 0) is 39.5 Å². The number of likely N-dealkylation sites (N-methyl/N-ethyl adjacent to an activating group) is 1. The number of rotatable bonds is 5. The fraction of sp³-hybridized carbons (Fsp3) is 0.643. The summed E-state index contributed by atoms with van der Waals surface area (Å²) in [5.41, 5.74) is 2.35. The molecule has 0 aromatic carbocycles. The summed E-state index contributed by atoms with van der Waals surface area (Å²) in [5.74, 6) is 0.702. The van der Waals surface area contributed by atoms with Gasteiger partial charge in [0.2, 0.25) is 0 Å². The van der Waals surface area contributed by atoms with Crippen molar-refractivity contribution in [3.8, 4) is 0 Å². The number of hydrogen-bond acceptors (Lipinski definition) is 5. The number of aromatic nitrogens is 2. The van der Waals surface area contributed by atoms with Crippen LogP contribution in [0.25, 0.3) is 0 Å². The number of ether oxygens (including phenoxy) is 1. The molecule has 104 valence electrons. The number of esters is 1. The highest BCUT2D eigenvalue weighted by Gasteiger charge is 2.20. The normalized spacial score (nSPS) is 13.8. The maximum absolute atomic E-state index is 11.6. The van der Waals surface area contributed by atoms with Crippen molar-refractivity contribution in [1.82, 2.24) is 9.97 Å². The number of nitrogens with zero attached hydrogens (tertiary/aromatic N) is 3. The van der Waals surface area contributed by atoms with Gasteiger partial charge in [-0.15, -0.1) is 0 Å². The molecule has 19 heavy (non-hydrogen) atoms. The summed E-state index contributed by atoms with van der Waals surface area (Å²) in [6.07, 6.45) is 5.98. The van der Waals surface area contributed by atoms with Crippen molar-refractivity contribution < 1.29 is 9.53 Å². The van der Waals surface area contributed by atoms with Crippen molar-refractivity contribution in [1.29, 1.82) is 0 Å². The lowest BCUT2D eigenvalue weighted by atomic mass is 9.96. The topological polar surface area (TPSA) is 55.3 Å². The highest BCUT2D eigenvalue weighted by atomic mass is 16.5. The number of anilines is 1. The lowest BCUT2D eigenvalue weighted by Gasteiger charge is -2.26. The first-order valence-electron chi connectivity index (χ1n) is 6.99. The van der Waals surface area contributed by atoms with E-state index in [1.165, 1.54) is 18.4 Å². The monoisotopic (exact) mass is 263 g/mol. The van der Waals surface area contributed by atoms with E-state index in [-0.39, 0.29) is 12.5 Å². The summed E-state index contributed by atoms with van der Waals surface area (Å²) in [6.45, 7) is 5.26. The molecule has 0 aliphatic heterocycles. The van der Waals surface area contributed by atoms with Crippen LogP contribution in [0.3, 0.4) is 0 Å². The van der Waals surface area contributed by atoms with Gasteiger partial charge in [-0.1, -0.05) is 0 Å². The van der Waals surface area contributed by atoms with Crippen LogP contribution in [0.15, 0.2) is 6.33 Å². The lowest BCUT2D eigenvalue weighted by Crippen LogP contribution is -2.33. The molecule has 1 aromatic heterocycles. The molecule has 1 aliphatic carbocycles. The van der Waals surface area contributed by atoms with Gasteiger partial charge in [-0.2, -0.15) is 0 Å². The van der Waals surface area contributed by atoms with Crippen LogP contribution >= 0.6 is 0 Å². The second kappa shape index (κ2) is 6.50. The molecular formula is C14H21N3O2. The SMILES string of the molecule is CCOC(=O)CN(CC)c1ncnc2c1CCCC2. The first kappa shape index (κ1) is 13.8. The minimum Gasteiger partial charge on any atom is -0.465 e. The molecule has 0 saturated carbocycles. The maximum atomic E-state index is 11.6. The van der Waals surface area contributed by atoms with Crippen molar-refractivity contribution >= 4 is 11.8 Å². The van der Waals surface area contributed by atoms with E-state index in [0.717, 1.165) is 30.9 Å². The van der Waals surface area contributed by atoms with Gasteiger partial charge in [0.05, 0.1) is 6.61 Å². The van der Waals surface area contributed by atoms with Gasteiger partial charge in [-0.3, -0.25) is 4.79 Å². The molecule has 1 aromatic rings. The van der Waals surface area contributed by atoms with Crippen LogP contribution < -0.4 is 4.90 Å². The minimum absolute atomic E-state index is 0.201. The zero-order valence-corrected chi connectivity index (χ0v) is 11.7. The Labute approximate surface area is 114 Å². The van der Waals surface area contributed by atoms with Gasteiger partial charge >= 0.3 is 5.97 Å². The molecule has 2 rings (SSSR count). The van der Waals surface area contributed by atoms with E-state index in [1.54, 1.807) is 6.33 Å². The Morgan fingerprint density at radius 1 is 1.32 bits per heavy atom. The van der Waals surface area contributed by atoms with E-state index in [0.29, 0.717) is 6.61 Å². The van der Waals surface area contributed by atoms with E-state index in [2.05, 4.69) is 9.97 Å². The summed E-state index contributed by atoms with van der Waals surface area (Å²) < 4.78 is 5.02. The average Bonchev–Trinajstić information content (AvgIpc) is 2.44. The number of fused-ring (bicyclic) bond motifs is 1. The van der Waals surface area contributed by atoms with Gasteiger partial charge < -0.3 is 9.64 Å². The molecule has 0 amide bonds. The largest absolute Gasteiger partial charge is 0.465 e. The van der Waals surface area contributed by atoms with Crippen molar-refractivity contribution in [3.63, 3.8) is 0 Å². The second-order valence-electron chi connectivity index (χ2n) is 4.65. The standard InChI is InChI=1S/C14H21N3O2/c1-3-17(9-13(18)19-4-2)14-11-7-5-6-8-12(11)15-10-16-14/h10H,3-9H2,1-2H3. The number of carbonyl (C=O) groups is 1. The maximum Gasteiger partial charge on any atom is 0.325 e. The fourth-order valence-electron chi connectivity index (χ4n) is 2.48. The Morgan fingerprint density at radius 2 is 2.11 bits per heavy atom. The van der Waals surface area contributed by atoms with Gasteiger partial charge in [0.1, 0.15) is 18.7 Å². The molecule has 0 fully saturated rings. The Morgan fingerprint density at radius 3 is 2.84 bits per heavy atom. The summed E-state index contributed by atoms with van der Waals surface area (Å²) in [7, 11) is 0. The summed E-state index contributed by atoms with van der Waals surface area (Å²) >= 11 is 0. The minimum atomic E-state index is -0.201. The molecule has 0 spiro atoms. The quantitative estimate of drug-likeness (QED) is 0.757. The number of carbonyl (C=O) groups excluding carboxylic acids is 1. The third-order valence-electron chi connectivity index (χ3n) is 3.41. The molecular weight excluding hydrogens is 242 g/mol. The molecule has 5 heteroatoms. The van der Waals surface area contributed by atoms with Crippen molar-refractivity contribution in [3.05, 3.63) is 17.6 Å². The van der Waals surface area contributed by atoms with Crippen LogP contribution in [0, 0.1) is 0 Å². The summed E-state index contributed by atoms with van der Waals surface area (Å²) in [4.78, 5) is 22.4. The third kappa shape index (κ3) is 3.22. The molecule has 0 radical (unpaired) electrons. The predicted octanol–water partition coefficient (Wildman–Crippen LogP) is 1.74. The Bertz CT molecular complexity index is 448. The zero-order valence-electron chi connectivity index (χ0n) is 11.7. The van der Waals surface area contributed by atoms with Crippen molar-refractivity contribution in [2.75, 3.05) is 24.6 Å². The van der Waals surface area contributed by atoms with Crippen molar-refractivity contribution in [2.45, 2.75) is 39.5 Å².